The van der Waals surface area contributed by atoms with Crippen LogP contribution in [0.2, 0.25) is 0 Å². The smallest absolute Gasteiger partial charge is 0.341 e. The highest BCUT2D eigenvalue weighted by molar-refractivity contribution is 8.00. The number of amides is 3. The maximum absolute atomic E-state index is 14.2. The lowest BCUT2D eigenvalue weighted by molar-refractivity contribution is -0.116. The quantitative estimate of drug-likeness (QED) is 0.0608. The van der Waals surface area contributed by atoms with Crippen molar-refractivity contribution < 1.29 is 28.7 Å². The van der Waals surface area contributed by atoms with Crippen LogP contribution >= 0.6 is 23.1 Å². The van der Waals surface area contributed by atoms with Crippen LogP contribution in [0.1, 0.15) is 42.7 Å². The van der Waals surface area contributed by atoms with Crippen molar-refractivity contribution in [1.29, 1.82) is 0 Å². The molecule has 1 heterocycles. The molecule has 0 saturated carbocycles. The molecular weight excluding hydrogens is 731 g/mol. The van der Waals surface area contributed by atoms with Crippen LogP contribution < -0.4 is 20.7 Å². The van der Waals surface area contributed by atoms with E-state index in [2.05, 4.69) is 16.0 Å². The molecule has 0 aliphatic rings. The summed E-state index contributed by atoms with van der Waals surface area (Å²) in [7, 11) is 2.86. The normalized spacial score (nSPS) is 11.6. The second kappa shape index (κ2) is 18.1. The van der Waals surface area contributed by atoms with Crippen molar-refractivity contribution in [3.8, 4) is 16.9 Å². The molecule has 0 saturated heterocycles. The molecule has 1 aromatic heterocycles. The molecule has 1 atom stereocenters. The Hall–Kier alpha value is -6.43. The highest BCUT2D eigenvalue weighted by Crippen LogP contribution is 2.40. The van der Waals surface area contributed by atoms with Crippen molar-refractivity contribution in [1.82, 2.24) is 5.32 Å². The lowest BCUT2D eigenvalue weighted by Gasteiger charge is -2.18. The number of aryl methyl sites for hydroxylation is 1. The monoisotopic (exact) mass is 767 g/mol. The first-order valence-corrected chi connectivity index (χ1v) is 18.9. The van der Waals surface area contributed by atoms with Crippen LogP contribution in [0.4, 0.5) is 10.7 Å². The maximum Gasteiger partial charge on any atom is 0.341 e. The first-order valence-electron chi connectivity index (χ1n) is 17.1. The molecular formula is C44H37N3O6S2. The van der Waals surface area contributed by atoms with Gasteiger partial charge in [0, 0.05) is 27.1 Å². The Morgan fingerprint density at radius 3 is 2.18 bits per heavy atom. The number of carbonyl (C=O) groups excluding carboxylic acids is 4. The average Bonchev–Trinajstić information content (AvgIpc) is 3.63. The zero-order valence-corrected chi connectivity index (χ0v) is 31.8. The van der Waals surface area contributed by atoms with Crippen molar-refractivity contribution in [3.63, 3.8) is 0 Å². The van der Waals surface area contributed by atoms with Crippen LogP contribution in [-0.2, 0) is 14.3 Å². The Morgan fingerprint density at radius 1 is 0.764 bits per heavy atom. The van der Waals surface area contributed by atoms with E-state index < -0.39 is 23.0 Å². The van der Waals surface area contributed by atoms with E-state index in [1.54, 1.807) is 86.0 Å². The van der Waals surface area contributed by atoms with E-state index in [4.69, 9.17) is 9.47 Å². The van der Waals surface area contributed by atoms with E-state index >= 15 is 0 Å². The first-order chi connectivity index (χ1) is 26.7. The minimum absolute atomic E-state index is 0.0177. The molecule has 11 heteroatoms. The third-order valence-electron chi connectivity index (χ3n) is 8.40. The number of hydrogen-bond donors (Lipinski definition) is 3. The largest absolute Gasteiger partial charge is 0.497 e. The van der Waals surface area contributed by atoms with E-state index in [-0.39, 0.29) is 17.2 Å². The lowest BCUT2D eigenvalue weighted by atomic mass is 10.0. The predicted molar refractivity (Wildman–Crippen MR) is 219 cm³/mol. The molecule has 3 amide bonds. The van der Waals surface area contributed by atoms with Gasteiger partial charge in [-0.25, -0.2) is 4.79 Å². The molecule has 55 heavy (non-hydrogen) atoms. The van der Waals surface area contributed by atoms with Crippen LogP contribution in [0.3, 0.4) is 0 Å². The number of carbonyl (C=O) groups is 4. The standard InChI is InChI=1S/C44H37N3O6S2/c1-28-20-22-30(23-21-28)36-27-54-43(38(36)44(51)53-3)47-42(50)39(31-13-6-4-7-14-31)55-35-19-11-17-33(26-35)45-41(49)37(25-29-12-10-18-34(24-29)52-2)46-40(48)32-15-8-5-9-16-32/h4-27,39H,1-3H3,(H,45,49)(H,46,48)(H,47,50)/b37-25-. The topological polar surface area (TPSA) is 123 Å². The minimum atomic E-state index is -0.740. The van der Waals surface area contributed by atoms with Gasteiger partial charge in [0.25, 0.3) is 11.8 Å². The van der Waals surface area contributed by atoms with Crippen molar-refractivity contribution >= 4 is 63.6 Å². The summed E-state index contributed by atoms with van der Waals surface area (Å²) in [6, 6.07) is 39.9. The molecule has 6 rings (SSSR count). The van der Waals surface area contributed by atoms with Gasteiger partial charge in [0.1, 0.15) is 27.3 Å². The maximum atomic E-state index is 14.2. The predicted octanol–water partition coefficient (Wildman–Crippen LogP) is 9.40. The molecule has 3 N–H and O–H groups in total. The fraction of sp³-hybridized carbons (Fsp3) is 0.0909. The molecule has 0 aliphatic heterocycles. The number of thioether (sulfide) groups is 1. The van der Waals surface area contributed by atoms with Crippen LogP contribution in [0.5, 0.6) is 5.75 Å². The van der Waals surface area contributed by atoms with Crippen LogP contribution in [0, 0.1) is 6.92 Å². The van der Waals surface area contributed by atoms with Gasteiger partial charge < -0.3 is 25.4 Å². The van der Waals surface area contributed by atoms with Gasteiger partial charge in [0.2, 0.25) is 5.91 Å². The van der Waals surface area contributed by atoms with Gasteiger partial charge in [-0.2, -0.15) is 0 Å². The number of rotatable bonds is 13. The molecule has 276 valence electrons. The van der Waals surface area contributed by atoms with E-state index in [9.17, 15) is 19.2 Å². The Labute approximate surface area is 327 Å². The lowest BCUT2D eigenvalue weighted by Crippen LogP contribution is -2.30. The minimum Gasteiger partial charge on any atom is -0.497 e. The van der Waals surface area contributed by atoms with Crippen LogP contribution in [-0.4, -0.2) is 37.9 Å². The van der Waals surface area contributed by atoms with Crippen molar-refractivity contribution in [2.45, 2.75) is 17.1 Å². The van der Waals surface area contributed by atoms with E-state index in [0.29, 0.717) is 38.0 Å². The first kappa shape index (κ1) is 38.3. The molecule has 0 aliphatic carbocycles. The average molecular weight is 768 g/mol. The summed E-state index contributed by atoms with van der Waals surface area (Å²) < 4.78 is 10.5. The summed E-state index contributed by atoms with van der Waals surface area (Å²) in [6.45, 7) is 1.99. The molecule has 0 bridgehead atoms. The Bertz CT molecular complexity index is 2340. The second-order valence-electron chi connectivity index (χ2n) is 12.2. The summed E-state index contributed by atoms with van der Waals surface area (Å²) in [5, 5.41) is 10.1. The Balaban J connectivity index is 1.26. The zero-order valence-electron chi connectivity index (χ0n) is 30.2. The Kier molecular flexibility index (Phi) is 12.6. The van der Waals surface area contributed by atoms with Gasteiger partial charge in [-0.1, -0.05) is 96.6 Å². The number of hydrogen-bond acceptors (Lipinski definition) is 8. The van der Waals surface area contributed by atoms with E-state index in [1.165, 1.54) is 30.2 Å². The summed E-state index contributed by atoms with van der Waals surface area (Å²) in [6.07, 6.45) is 1.57. The number of ether oxygens (including phenoxy) is 2. The van der Waals surface area contributed by atoms with E-state index in [0.717, 1.165) is 16.7 Å². The number of thiophene rings is 1. The second-order valence-corrected chi connectivity index (χ2v) is 14.3. The molecule has 0 radical (unpaired) electrons. The summed E-state index contributed by atoms with van der Waals surface area (Å²) in [5.74, 6) is -1.31. The highest BCUT2D eigenvalue weighted by atomic mass is 32.2. The molecule has 6 aromatic rings. The van der Waals surface area contributed by atoms with Crippen LogP contribution in [0.15, 0.2) is 149 Å². The number of benzene rings is 5. The number of anilines is 2. The zero-order chi connectivity index (χ0) is 38.7. The fourth-order valence-electron chi connectivity index (χ4n) is 5.60. The number of methoxy groups -OCH3 is 2. The third-order valence-corrected chi connectivity index (χ3v) is 10.5. The SMILES string of the molecule is COC(=O)c1c(-c2ccc(C)cc2)csc1NC(=O)C(Sc1cccc(NC(=O)/C(=C/c2cccc(OC)c2)NC(=O)c2ccccc2)c1)c1ccccc1. The fourth-order valence-corrected chi connectivity index (χ4v) is 7.64. The van der Waals surface area contributed by atoms with Gasteiger partial charge in [0.05, 0.1) is 14.2 Å². The van der Waals surface area contributed by atoms with Gasteiger partial charge in [0.15, 0.2) is 0 Å². The van der Waals surface area contributed by atoms with Gasteiger partial charge in [-0.3, -0.25) is 14.4 Å². The summed E-state index contributed by atoms with van der Waals surface area (Å²) in [4.78, 5) is 54.9. The molecule has 0 spiro atoms. The number of esters is 1. The summed E-state index contributed by atoms with van der Waals surface area (Å²) >= 11 is 2.54. The molecule has 9 nitrogen and oxygen atoms in total. The summed E-state index contributed by atoms with van der Waals surface area (Å²) in [5.41, 5.74) is 5.10. The van der Waals surface area contributed by atoms with Crippen LogP contribution in [0.25, 0.3) is 17.2 Å². The van der Waals surface area contributed by atoms with E-state index in [1.807, 2.05) is 73.0 Å². The van der Waals surface area contributed by atoms with Crippen molar-refractivity contribution in [2.75, 3.05) is 24.9 Å². The van der Waals surface area contributed by atoms with Gasteiger partial charge in [-0.15, -0.1) is 23.1 Å². The van der Waals surface area contributed by atoms with Gasteiger partial charge in [-0.05, 0) is 72.2 Å². The highest BCUT2D eigenvalue weighted by Gasteiger charge is 2.27. The third kappa shape index (κ3) is 9.77. The van der Waals surface area contributed by atoms with Crippen molar-refractivity contribution in [2.24, 2.45) is 0 Å². The number of nitrogens with one attached hydrogen (secondary N) is 3. The van der Waals surface area contributed by atoms with Crippen molar-refractivity contribution in [3.05, 3.63) is 172 Å². The Morgan fingerprint density at radius 2 is 1.47 bits per heavy atom. The molecule has 1 unspecified atom stereocenters. The molecule has 0 fully saturated rings. The van der Waals surface area contributed by atoms with Gasteiger partial charge >= 0.3 is 5.97 Å². The molecule has 5 aromatic carbocycles.